The van der Waals surface area contributed by atoms with Gasteiger partial charge in [0.1, 0.15) is 11.1 Å². The van der Waals surface area contributed by atoms with Crippen molar-refractivity contribution in [3.63, 3.8) is 0 Å². The van der Waals surface area contributed by atoms with Crippen molar-refractivity contribution in [1.82, 2.24) is 4.90 Å². The lowest BCUT2D eigenvalue weighted by Gasteiger charge is -2.32. The van der Waals surface area contributed by atoms with Crippen LogP contribution in [0.5, 0.6) is 0 Å². The number of carbonyl (C=O) groups is 1. The number of carbonyl (C=O) groups excluding carboxylic acids is 1. The molecule has 5 heteroatoms. The molecule has 0 spiro atoms. The second-order valence-electron chi connectivity index (χ2n) is 5.09. The van der Waals surface area contributed by atoms with Crippen LogP contribution in [-0.4, -0.2) is 41.6 Å². The molecule has 1 aromatic rings. The Morgan fingerprint density at radius 3 is 3.05 bits per heavy atom. The molecule has 108 valence electrons. The van der Waals surface area contributed by atoms with Crippen LogP contribution in [0.25, 0.3) is 0 Å². The molecule has 2 N–H and O–H groups in total. The number of ether oxygens (including phenoxy) is 1. The average molecular weight is 292 g/mol. The summed E-state index contributed by atoms with van der Waals surface area (Å²) >= 11 is 4.93. The van der Waals surface area contributed by atoms with Gasteiger partial charge in [0.25, 0.3) is 0 Å². The van der Waals surface area contributed by atoms with Crippen LogP contribution in [0.2, 0.25) is 0 Å². The highest BCUT2D eigenvalue weighted by molar-refractivity contribution is 7.80. The van der Waals surface area contributed by atoms with Crippen molar-refractivity contribution in [2.45, 2.75) is 25.9 Å². The van der Waals surface area contributed by atoms with Crippen LogP contribution < -0.4 is 5.73 Å². The largest absolute Gasteiger partial charge is 0.391 e. The highest BCUT2D eigenvalue weighted by Crippen LogP contribution is 2.11. The van der Waals surface area contributed by atoms with Gasteiger partial charge in [-0.3, -0.25) is 4.79 Å². The van der Waals surface area contributed by atoms with Gasteiger partial charge in [-0.25, -0.2) is 0 Å². The Morgan fingerprint density at radius 2 is 2.35 bits per heavy atom. The molecule has 1 fully saturated rings. The number of morpholine rings is 1. The molecule has 1 atom stereocenters. The molecule has 4 nitrogen and oxygen atoms in total. The van der Waals surface area contributed by atoms with Crippen molar-refractivity contribution < 1.29 is 9.53 Å². The lowest BCUT2D eigenvalue weighted by atomic mass is 10.1. The number of nitrogens with zero attached hydrogens (tertiary/aromatic N) is 1. The fourth-order valence-electron chi connectivity index (χ4n) is 2.32. The summed E-state index contributed by atoms with van der Waals surface area (Å²) in [5.41, 5.74) is 7.99. The third-order valence-electron chi connectivity index (χ3n) is 3.45. The first-order valence-corrected chi connectivity index (χ1v) is 7.21. The summed E-state index contributed by atoms with van der Waals surface area (Å²) in [5, 5.41) is 0. The Bertz CT molecular complexity index is 504. The highest BCUT2D eigenvalue weighted by atomic mass is 32.1. The van der Waals surface area contributed by atoms with E-state index in [-0.39, 0.29) is 12.0 Å². The van der Waals surface area contributed by atoms with Gasteiger partial charge in [0, 0.05) is 13.0 Å². The molecule has 0 aliphatic carbocycles. The van der Waals surface area contributed by atoms with E-state index in [0.717, 1.165) is 6.42 Å². The third kappa shape index (κ3) is 4.02. The molecule has 1 aliphatic rings. The zero-order chi connectivity index (χ0) is 14.5. The Balaban J connectivity index is 1.87. The van der Waals surface area contributed by atoms with Crippen molar-refractivity contribution in [3.8, 4) is 0 Å². The van der Waals surface area contributed by atoms with E-state index in [0.29, 0.717) is 31.1 Å². The van der Waals surface area contributed by atoms with Crippen LogP contribution >= 0.6 is 12.2 Å². The Labute approximate surface area is 124 Å². The van der Waals surface area contributed by atoms with Gasteiger partial charge < -0.3 is 15.4 Å². The zero-order valence-corrected chi connectivity index (χ0v) is 12.5. The summed E-state index contributed by atoms with van der Waals surface area (Å²) in [5.74, 6) is 0.135. The van der Waals surface area contributed by atoms with Crippen molar-refractivity contribution in [2.75, 3.05) is 19.7 Å². The molecule has 1 heterocycles. The molecule has 1 saturated heterocycles. The van der Waals surface area contributed by atoms with E-state index in [1.165, 1.54) is 11.1 Å². The molecule has 1 aliphatic heterocycles. The summed E-state index contributed by atoms with van der Waals surface area (Å²) < 4.78 is 5.44. The van der Waals surface area contributed by atoms with Crippen molar-refractivity contribution in [1.29, 1.82) is 0 Å². The predicted octanol–water partition coefficient (Wildman–Crippen LogP) is 1.44. The Hall–Kier alpha value is -1.46. The van der Waals surface area contributed by atoms with Gasteiger partial charge in [-0.2, -0.15) is 0 Å². The summed E-state index contributed by atoms with van der Waals surface area (Å²) in [6, 6.07) is 8.24. The first-order chi connectivity index (χ1) is 9.56. The van der Waals surface area contributed by atoms with E-state index >= 15 is 0 Å². The van der Waals surface area contributed by atoms with Crippen LogP contribution in [0.3, 0.4) is 0 Å². The SMILES string of the molecule is Cc1cccc(CCC(=O)N2CCOC(C(N)=S)C2)c1. The number of nitrogens with two attached hydrogens (primary N) is 1. The van der Waals surface area contributed by atoms with Crippen molar-refractivity contribution in [2.24, 2.45) is 5.73 Å². The van der Waals surface area contributed by atoms with Crippen LogP contribution in [0.4, 0.5) is 0 Å². The minimum Gasteiger partial charge on any atom is -0.391 e. The molecule has 2 rings (SSSR count). The number of aryl methyl sites for hydroxylation is 2. The molecular formula is C15H20N2O2S. The number of hydrogen-bond donors (Lipinski definition) is 1. The van der Waals surface area contributed by atoms with E-state index in [1.807, 2.05) is 6.07 Å². The standard InChI is InChI=1S/C15H20N2O2S/c1-11-3-2-4-12(9-11)5-6-14(18)17-7-8-19-13(10-17)15(16)20/h2-4,9,13H,5-8,10H2,1H3,(H2,16,20). The van der Waals surface area contributed by atoms with Gasteiger partial charge in [-0.05, 0) is 18.9 Å². The second-order valence-corrected chi connectivity index (χ2v) is 5.56. The van der Waals surface area contributed by atoms with Gasteiger partial charge in [0.05, 0.1) is 13.2 Å². The maximum absolute atomic E-state index is 12.2. The average Bonchev–Trinajstić information content (AvgIpc) is 2.45. The van der Waals surface area contributed by atoms with Gasteiger partial charge >= 0.3 is 0 Å². The zero-order valence-electron chi connectivity index (χ0n) is 11.7. The first kappa shape index (κ1) is 14.9. The maximum Gasteiger partial charge on any atom is 0.223 e. The summed E-state index contributed by atoms with van der Waals surface area (Å²) in [6.07, 6.45) is 0.963. The molecule has 1 amide bonds. The minimum absolute atomic E-state index is 0.135. The van der Waals surface area contributed by atoms with Crippen LogP contribution in [0.1, 0.15) is 17.5 Å². The van der Waals surface area contributed by atoms with E-state index < -0.39 is 0 Å². The molecule has 0 aromatic heterocycles. The lowest BCUT2D eigenvalue weighted by molar-refractivity contribution is -0.136. The maximum atomic E-state index is 12.2. The van der Waals surface area contributed by atoms with Gasteiger partial charge in [-0.15, -0.1) is 0 Å². The fraction of sp³-hybridized carbons (Fsp3) is 0.467. The quantitative estimate of drug-likeness (QED) is 0.853. The van der Waals surface area contributed by atoms with Gasteiger partial charge in [0.2, 0.25) is 5.91 Å². The second kappa shape index (κ2) is 6.81. The summed E-state index contributed by atoms with van der Waals surface area (Å²) in [6.45, 7) is 3.64. The van der Waals surface area contributed by atoms with Gasteiger partial charge in [-0.1, -0.05) is 42.0 Å². The van der Waals surface area contributed by atoms with E-state index in [1.54, 1.807) is 4.90 Å². The number of thiocarbonyl (C=S) groups is 1. The number of hydrogen-bond acceptors (Lipinski definition) is 3. The van der Waals surface area contributed by atoms with Gasteiger partial charge in [0.15, 0.2) is 0 Å². The number of amides is 1. The first-order valence-electron chi connectivity index (χ1n) is 6.80. The summed E-state index contributed by atoms with van der Waals surface area (Å²) in [7, 11) is 0. The molecule has 20 heavy (non-hydrogen) atoms. The third-order valence-corrected chi connectivity index (χ3v) is 3.71. The van der Waals surface area contributed by atoms with Crippen LogP contribution in [-0.2, 0) is 16.0 Å². The van der Waals surface area contributed by atoms with Crippen LogP contribution in [0.15, 0.2) is 24.3 Å². The summed E-state index contributed by atoms with van der Waals surface area (Å²) in [4.78, 5) is 14.3. The molecule has 0 bridgehead atoms. The smallest absolute Gasteiger partial charge is 0.223 e. The Kier molecular flexibility index (Phi) is 5.09. The van der Waals surface area contributed by atoms with E-state index in [4.69, 9.17) is 22.7 Å². The van der Waals surface area contributed by atoms with Crippen molar-refractivity contribution in [3.05, 3.63) is 35.4 Å². The lowest BCUT2D eigenvalue weighted by Crippen LogP contribution is -2.49. The molecule has 0 saturated carbocycles. The molecular weight excluding hydrogens is 272 g/mol. The van der Waals surface area contributed by atoms with E-state index in [2.05, 4.69) is 25.1 Å². The monoisotopic (exact) mass is 292 g/mol. The van der Waals surface area contributed by atoms with Crippen LogP contribution in [0, 0.1) is 6.92 Å². The topological polar surface area (TPSA) is 55.6 Å². The molecule has 1 unspecified atom stereocenters. The normalized spacial score (nSPS) is 18.9. The van der Waals surface area contributed by atoms with E-state index in [9.17, 15) is 4.79 Å². The predicted molar refractivity (Wildman–Crippen MR) is 82.6 cm³/mol. The Morgan fingerprint density at radius 1 is 1.55 bits per heavy atom. The highest BCUT2D eigenvalue weighted by Gasteiger charge is 2.25. The molecule has 1 aromatic carbocycles. The van der Waals surface area contributed by atoms with Crippen molar-refractivity contribution >= 4 is 23.1 Å². The minimum atomic E-state index is -0.304. The molecule has 0 radical (unpaired) electrons. The number of benzene rings is 1. The fourth-order valence-corrected chi connectivity index (χ4v) is 2.47. The number of rotatable bonds is 4.